The summed E-state index contributed by atoms with van der Waals surface area (Å²) in [7, 11) is 1.55. The molecule has 0 N–H and O–H groups in total. The van der Waals surface area contributed by atoms with Gasteiger partial charge in [-0.3, -0.25) is 4.79 Å². The number of nitrogens with zero attached hydrogens (tertiary/aromatic N) is 1. The van der Waals surface area contributed by atoms with Gasteiger partial charge in [0.15, 0.2) is 5.82 Å². The Morgan fingerprint density at radius 3 is 3.07 bits per heavy atom. The molecule has 1 heterocycles. The fourth-order valence-electron chi connectivity index (χ4n) is 1.48. The number of carbonyl (C=O) groups excluding carboxylic acids is 1. The highest BCUT2D eigenvalue weighted by Gasteiger charge is 2.22. The van der Waals surface area contributed by atoms with Crippen LogP contribution in [0.15, 0.2) is 18.2 Å². The van der Waals surface area contributed by atoms with Crippen LogP contribution in [0, 0.1) is 5.82 Å². The molecule has 0 saturated heterocycles. The van der Waals surface area contributed by atoms with E-state index in [0.717, 1.165) is 0 Å². The first kappa shape index (κ1) is 8.99. The van der Waals surface area contributed by atoms with Crippen molar-refractivity contribution >= 4 is 11.6 Å². The Hall–Kier alpha value is -1.58. The fourth-order valence-corrected chi connectivity index (χ4v) is 1.48. The van der Waals surface area contributed by atoms with Gasteiger partial charge in [-0.15, -0.1) is 0 Å². The molecule has 0 unspecified atom stereocenters. The van der Waals surface area contributed by atoms with Crippen LogP contribution >= 0.6 is 0 Å². The second kappa shape index (κ2) is 3.29. The van der Waals surface area contributed by atoms with Crippen LogP contribution in [0.3, 0.4) is 0 Å². The van der Waals surface area contributed by atoms with Gasteiger partial charge in [0, 0.05) is 7.05 Å². The van der Waals surface area contributed by atoms with Gasteiger partial charge in [0.25, 0.3) is 0 Å². The van der Waals surface area contributed by atoms with Crippen LogP contribution in [-0.4, -0.2) is 19.6 Å². The molecule has 0 atom stereocenters. The molecule has 1 aliphatic rings. The Morgan fingerprint density at radius 1 is 1.50 bits per heavy atom. The highest BCUT2D eigenvalue weighted by atomic mass is 19.1. The van der Waals surface area contributed by atoms with Crippen molar-refractivity contribution in [2.45, 2.75) is 6.42 Å². The van der Waals surface area contributed by atoms with Crippen molar-refractivity contribution in [2.24, 2.45) is 0 Å². The number of amides is 1. The maximum absolute atomic E-state index is 13.4. The molecule has 1 amide bonds. The van der Waals surface area contributed by atoms with Gasteiger partial charge in [-0.05, 0) is 12.1 Å². The van der Waals surface area contributed by atoms with Crippen molar-refractivity contribution in [1.82, 2.24) is 0 Å². The maximum Gasteiger partial charge on any atom is 0.230 e. The number of anilines is 1. The number of halogens is 1. The lowest BCUT2D eigenvalue weighted by atomic mass is 10.2. The zero-order valence-corrected chi connectivity index (χ0v) is 7.79. The van der Waals surface area contributed by atoms with Crippen LogP contribution in [0.1, 0.15) is 6.42 Å². The van der Waals surface area contributed by atoms with Crippen LogP contribution in [0.4, 0.5) is 10.1 Å². The van der Waals surface area contributed by atoms with Gasteiger partial charge in [-0.25, -0.2) is 4.39 Å². The molecule has 1 aliphatic heterocycles. The minimum absolute atomic E-state index is 0.131. The standard InChI is InChI=1S/C10H10FNO2/c1-12-9(13)5-6-14-8-4-2-3-7(11)10(8)12/h2-4H,5-6H2,1H3. The summed E-state index contributed by atoms with van der Waals surface area (Å²) in [4.78, 5) is 12.7. The summed E-state index contributed by atoms with van der Waals surface area (Å²) in [5, 5.41) is 0. The Balaban J connectivity index is 2.55. The highest BCUT2D eigenvalue weighted by Crippen LogP contribution is 2.32. The first-order chi connectivity index (χ1) is 6.70. The highest BCUT2D eigenvalue weighted by molar-refractivity contribution is 5.95. The van der Waals surface area contributed by atoms with Gasteiger partial charge < -0.3 is 9.64 Å². The molecule has 1 aromatic rings. The monoisotopic (exact) mass is 195 g/mol. The summed E-state index contributed by atoms with van der Waals surface area (Å²) in [5.74, 6) is -0.132. The molecule has 14 heavy (non-hydrogen) atoms. The van der Waals surface area contributed by atoms with Gasteiger partial charge in [0.2, 0.25) is 5.91 Å². The molecule has 0 bridgehead atoms. The lowest BCUT2D eigenvalue weighted by Crippen LogP contribution is -2.25. The minimum atomic E-state index is -0.430. The minimum Gasteiger partial charge on any atom is -0.491 e. The summed E-state index contributed by atoms with van der Waals surface area (Å²) < 4.78 is 18.7. The van der Waals surface area contributed by atoms with Gasteiger partial charge >= 0.3 is 0 Å². The average molecular weight is 195 g/mol. The molecule has 2 rings (SSSR count). The van der Waals surface area contributed by atoms with Crippen molar-refractivity contribution in [2.75, 3.05) is 18.6 Å². The summed E-state index contributed by atoms with van der Waals surface area (Å²) >= 11 is 0. The molecule has 0 radical (unpaired) electrons. The van der Waals surface area contributed by atoms with Crippen molar-refractivity contribution < 1.29 is 13.9 Å². The van der Waals surface area contributed by atoms with E-state index < -0.39 is 5.82 Å². The van der Waals surface area contributed by atoms with E-state index in [1.165, 1.54) is 11.0 Å². The number of benzene rings is 1. The third kappa shape index (κ3) is 1.32. The fraction of sp³-hybridized carbons (Fsp3) is 0.300. The number of hydrogen-bond acceptors (Lipinski definition) is 2. The van der Waals surface area contributed by atoms with Gasteiger partial charge in [0.05, 0.1) is 13.0 Å². The number of para-hydroxylation sites is 1. The topological polar surface area (TPSA) is 29.5 Å². The first-order valence-electron chi connectivity index (χ1n) is 4.38. The summed E-state index contributed by atoms with van der Waals surface area (Å²) in [5.41, 5.74) is 0.231. The molecule has 3 nitrogen and oxygen atoms in total. The smallest absolute Gasteiger partial charge is 0.230 e. The summed E-state index contributed by atoms with van der Waals surface area (Å²) in [6.07, 6.45) is 0.282. The largest absolute Gasteiger partial charge is 0.491 e. The summed E-state index contributed by atoms with van der Waals surface area (Å²) in [6.45, 7) is 0.305. The second-order valence-corrected chi connectivity index (χ2v) is 3.14. The quantitative estimate of drug-likeness (QED) is 0.628. The maximum atomic E-state index is 13.4. The molecule has 0 aliphatic carbocycles. The molecule has 74 valence electrons. The van der Waals surface area contributed by atoms with Crippen molar-refractivity contribution in [3.63, 3.8) is 0 Å². The Bertz CT molecular complexity index is 378. The predicted octanol–water partition coefficient (Wildman–Crippen LogP) is 1.57. The number of hydrogen-bond donors (Lipinski definition) is 0. The van der Waals surface area contributed by atoms with Gasteiger partial charge in [-0.2, -0.15) is 0 Å². The van der Waals surface area contributed by atoms with Crippen LogP contribution in [0.2, 0.25) is 0 Å². The second-order valence-electron chi connectivity index (χ2n) is 3.14. The number of fused-ring (bicyclic) bond motifs is 1. The van der Waals surface area contributed by atoms with Crippen molar-refractivity contribution in [3.05, 3.63) is 24.0 Å². The first-order valence-corrected chi connectivity index (χ1v) is 4.38. The Labute approximate surface area is 81.1 Å². The molecular formula is C10H10FNO2. The third-order valence-corrected chi connectivity index (χ3v) is 2.23. The molecule has 0 fully saturated rings. The molecular weight excluding hydrogens is 185 g/mol. The number of rotatable bonds is 0. The van der Waals surface area contributed by atoms with E-state index in [1.807, 2.05) is 0 Å². The lowest BCUT2D eigenvalue weighted by Gasteiger charge is -2.16. The van der Waals surface area contributed by atoms with E-state index >= 15 is 0 Å². The molecule has 0 aromatic heterocycles. The SMILES string of the molecule is CN1C(=O)CCOc2cccc(F)c21. The van der Waals surface area contributed by atoms with Crippen LogP contribution < -0.4 is 9.64 Å². The Kier molecular flexibility index (Phi) is 2.11. The van der Waals surface area contributed by atoms with E-state index in [9.17, 15) is 9.18 Å². The number of carbonyl (C=O) groups is 1. The summed E-state index contributed by atoms with van der Waals surface area (Å²) in [6, 6.07) is 4.54. The Morgan fingerprint density at radius 2 is 2.29 bits per heavy atom. The van der Waals surface area contributed by atoms with E-state index in [0.29, 0.717) is 12.4 Å². The zero-order valence-electron chi connectivity index (χ0n) is 7.79. The van der Waals surface area contributed by atoms with E-state index in [2.05, 4.69) is 0 Å². The number of ether oxygens (including phenoxy) is 1. The van der Waals surface area contributed by atoms with Crippen LogP contribution in [0.5, 0.6) is 5.75 Å². The van der Waals surface area contributed by atoms with Crippen LogP contribution in [-0.2, 0) is 4.79 Å². The molecule has 4 heteroatoms. The van der Waals surface area contributed by atoms with Crippen molar-refractivity contribution in [1.29, 1.82) is 0 Å². The average Bonchev–Trinajstić information content (AvgIpc) is 2.29. The molecule has 0 spiro atoms. The van der Waals surface area contributed by atoms with E-state index in [-0.39, 0.29) is 18.0 Å². The normalized spacial score (nSPS) is 15.9. The van der Waals surface area contributed by atoms with E-state index in [1.54, 1.807) is 19.2 Å². The van der Waals surface area contributed by atoms with Crippen LogP contribution in [0.25, 0.3) is 0 Å². The van der Waals surface area contributed by atoms with Crippen molar-refractivity contribution in [3.8, 4) is 5.75 Å². The van der Waals surface area contributed by atoms with Gasteiger partial charge in [-0.1, -0.05) is 6.07 Å². The van der Waals surface area contributed by atoms with E-state index in [4.69, 9.17) is 4.74 Å². The third-order valence-electron chi connectivity index (χ3n) is 2.23. The molecule has 0 saturated carbocycles. The molecule has 1 aromatic carbocycles. The zero-order chi connectivity index (χ0) is 10.1. The predicted molar refractivity (Wildman–Crippen MR) is 49.9 cm³/mol. The van der Waals surface area contributed by atoms with Gasteiger partial charge in [0.1, 0.15) is 11.4 Å². The lowest BCUT2D eigenvalue weighted by molar-refractivity contribution is -0.118.